The first-order valence-corrected chi connectivity index (χ1v) is 7.45. The van der Waals surface area contributed by atoms with Crippen molar-refractivity contribution in [2.75, 3.05) is 5.32 Å². The second-order valence-corrected chi connectivity index (χ2v) is 6.83. The molecule has 1 aromatic heterocycles. The van der Waals surface area contributed by atoms with E-state index in [2.05, 4.69) is 30.7 Å². The number of hydrogen-bond donors (Lipinski definition) is 1. The molecule has 0 spiro atoms. The minimum Gasteiger partial charge on any atom is -0.395 e. The van der Waals surface area contributed by atoms with Gasteiger partial charge in [-0.15, -0.1) is 20.1 Å². The van der Waals surface area contributed by atoms with Crippen molar-refractivity contribution in [2.45, 2.75) is 19.3 Å². The van der Waals surface area contributed by atoms with Crippen LogP contribution >= 0.6 is 27.3 Å². The van der Waals surface area contributed by atoms with E-state index < -0.39 is 6.29 Å². The maximum Gasteiger partial charge on any atom is 0.586 e. The van der Waals surface area contributed by atoms with Crippen LogP contribution in [0.3, 0.4) is 0 Å². The quantitative estimate of drug-likeness (QED) is 0.833. The fourth-order valence-electron chi connectivity index (χ4n) is 1.92. The van der Waals surface area contributed by atoms with E-state index in [1.54, 1.807) is 17.4 Å². The lowest BCUT2D eigenvalue weighted by Crippen LogP contribution is -2.25. The molecule has 0 saturated heterocycles. The van der Waals surface area contributed by atoms with Crippen LogP contribution in [0.5, 0.6) is 11.5 Å². The van der Waals surface area contributed by atoms with Crippen LogP contribution in [0.25, 0.3) is 0 Å². The van der Waals surface area contributed by atoms with Gasteiger partial charge in [-0.2, -0.15) is 0 Å². The van der Waals surface area contributed by atoms with Gasteiger partial charge in [0.25, 0.3) is 0 Å². The predicted molar refractivity (Wildman–Crippen MR) is 76.7 cm³/mol. The van der Waals surface area contributed by atoms with Crippen molar-refractivity contribution in [1.82, 2.24) is 0 Å². The summed E-state index contributed by atoms with van der Waals surface area (Å²) in [5, 5.41) is 3.24. The summed E-state index contributed by atoms with van der Waals surface area (Å²) >= 11 is 5.03. The molecular formula is C13H10BrF2NO2S. The summed E-state index contributed by atoms with van der Waals surface area (Å²) in [7, 11) is 0. The van der Waals surface area contributed by atoms with Crippen molar-refractivity contribution in [3.8, 4) is 11.5 Å². The summed E-state index contributed by atoms with van der Waals surface area (Å²) in [6.07, 6.45) is -3.58. The van der Waals surface area contributed by atoms with Crippen molar-refractivity contribution in [1.29, 1.82) is 0 Å². The average molecular weight is 362 g/mol. The van der Waals surface area contributed by atoms with Crippen molar-refractivity contribution in [3.05, 3.63) is 39.0 Å². The van der Waals surface area contributed by atoms with E-state index in [4.69, 9.17) is 0 Å². The molecule has 2 heterocycles. The number of fused-ring (bicyclic) bond motifs is 1. The monoisotopic (exact) mass is 361 g/mol. The Bertz CT molecular complexity index is 647. The first-order valence-electron chi connectivity index (χ1n) is 5.85. The molecule has 2 aromatic rings. The summed E-state index contributed by atoms with van der Waals surface area (Å²) in [5.41, 5.74) is 0.696. The van der Waals surface area contributed by atoms with E-state index >= 15 is 0 Å². The topological polar surface area (TPSA) is 30.5 Å². The Balaban J connectivity index is 1.76. The van der Waals surface area contributed by atoms with Crippen LogP contribution < -0.4 is 14.8 Å². The van der Waals surface area contributed by atoms with Gasteiger partial charge in [-0.25, -0.2) is 0 Å². The molecule has 3 rings (SSSR count). The lowest BCUT2D eigenvalue weighted by molar-refractivity contribution is -0.286. The predicted octanol–water partition coefficient (Wildman–Crippen LogP) is 5.01. The SMILES string of the molecule is CC(Nc1ccc2c(c1)OC(F)(F)O2)c1ccc(Br)s1. The van der Waals surface area contributed by atoms with Crippen molar-refractivity contribution in [3.63, 3.8) is 0 Å². The van der Waals surface area contributed by atoms with Crippen molar-refractivity contribution < 1.29 is 18.3 Å². The number of anilines is 1. The fourth-order valence-corrected chi connectivity index (χ4v) is 3.35. The third-order valence-corrected chi connectivity index (χ3v) is 4.61. The summed E-state index contributed by atoms with van der Waals surface area (Å²) in [6.45, 7) is 2.00. The summed E-state index contributed by atoms with van der Waals surface area (Å²) in [5.74, 6) is 0.0895. The Morgan fingerprint density at radius 2 is 1.95 bits per heavy atom. The standard InChI is InChI=1S/C13H10BrF2NO2S/c1-7(11-4-5-12(14)20-11)17-8-2-3-9-10(6-8)19-13(15,16)18-9/h2-7,17H,1H3. The molecule has 3 nitrogen and oxygen atoms in total. The van der Waals surface area contributed by atoms with Gasteiger partial charge in [0.05, 0.1) is 9.83 Å². The smallest absolute Gasteiger partial charge is 0.395 e. The van der Waals surface area contributed by atoms with Crippen LogP contribution in [-0.4, -0.2) is 6.29 Å². The molecular weight excluding hydrogens is 352 g/mol. The molecule has 1 aromatic carbocycles. The summed E-state index contributed by atoms with van der Waals surface area (Å²) in [4.78, 5) is 1.14. The molecule has 1 N–H and O–H groups in total. The highest BCUT2D eigenvalue weighted by atomic mass is 79.9. The number of halogens is 3. The second kappa shape index (κ2) is 4.89. The lowest BCUT2D eigenvalue weighted by atomic mass is 10.2. The fraction of sp³-hybridized carbons (Fsp3) is 0.231. The minimum atomic E-state index is -3.58. The van der Waals surface area contributed by atoms with Crippen LogP contribution in [0, 0.1) is 0 Å². The van der Waals surface area contributed by atoms with Crippen molar-refractivity contribution in [2.24, 2.45) is 0 Å². The van der Waals surface area contributed by atoms with Gasteiger partial charge < -0.3 is 14.8 Å². The van der Waals surface area contributed by atoms with Crippen molar-refractivity contribution >= 4 is 33.0 Å². The maximum atomic E-state index is 12.9. The third-order valence-electron chi connectivity index (χ3n) is 2.81. The Hall–Kier alpha value is -1.34. The molecule has 7 heteroatoms. The first kappa shape index (κ1) is 13.6. The van der Waals surface area contributed by atoms with E-state index in [0.29, 0.717) is 5.69 Å². The molecule has 1 aliphatic heterocycles. The molecule has 106 valence electrons. The number of ether oxygens (including phenoxy) is 2. The molecule has 0 bridgehead atoms. The highest BCUT2D eigenvalue weighted by molar-refractivity contribution is 9.11. The molecule has 1 aliphatic rings. The van der Waals surface area contributed by atoms with E-state index in [1.807, 2.05) is 19.1 Å². The van der Waals surface area contributed by atoms with Gasteiger partial charge in [-0.3, -0.25) is 0 Å². The zero-order valence-electron chi connectivity index (χ0n) is 10.3. The lowest BCUT2D eigenvalue weighted by Gasteiger charge is -2.13. The Morgan fingerprint density at radius 1 is 1.20 bits per heavy atom. The van der Waals surface area contributed by atoms with E-state index in [1.165, 1.54) is 12.1 Å². The average Bonchev–Trinajstić information content (AvgIpc) is 2.90. The summed E-state index contributed by atoms with van der Waals surface area (Å²) < 4.78 is 35.7. The van der Waals surface area contributed by atoms with Gasteiger partial charge in [-0.05, 0) is 47.1 Å². The number of thiophene rings is 1. The molecule has 1 unspecified atom stereocenters. The number of alkyl halides is 2. The van der Waals surface area contributed by atoms with E-state index in [9.17, 15) is 8.78 Å². The van der Waals surface area contributed by atoms with Crippen LogP contribution in [0.4, 0.5) is 14.5 Å². The number of hydrogen-bond acceptors (Lipinski definition) is 4. The van der Waals surface area contributed by atoms with Gasteiger partial charge in [0, 0.05) is 16.6 Å². The number of benzene rings is 1. The maximum absolute atomic E-state index is 12.9. The highest BCUT2D eigenvalue weighted by Crippen LogP contribution is 2.42. The Labute approximate surface area is 126 Å². The van der Waals surface area contributed by atoms with Gasteiger partial charge in [0.15, 0.2) is 11.5 Å². The number of nitrogens with one attached hydrogen (secondary N) is 1. The van der Waals surface area contributed by atoms with Crippen LogP contribution in [0.2, 0.25) is 0 Å². The van der Waals surface area contributed by atoms with Gasteiger partial charge in [-0.1, -0.05) is 0 Å². The molecule has 0 saturated carbocycles. The minimum absolute atomic E-state index is 0.0413. The Morgan fingerprint density at radius 3 is 2.65 bits per heavy atom. The summed E-state index contributed by atoms with van der Waals surface area (Å²) in [6, 6.07) is 8.70. The van der Waals surface area contributed by atoms with Crippen LogP contribution in [-0.2, 0) is 0 Å². The zero-order chi connectivity index (χ0) is 14.3. The third kappa shape index (κ3) is 2.73. The largest absolute Gasteiger partial charge is 0.586 e. The normalized spacial score (nSPS) is 17.0. The highest BCUT2D eigenvalue weighted by Gasteiger charge is 2.43. The van der Waals surface area contributed by atoms with Crippen LogP contribution in [0.15, 0.2) is 34.1 Å². The van der Waals surface area contributed by atoms with Gasteiger partial charge >= 0.3 is 6.29 Å². The molecule has 0 amide bonds. The Kier molecular flexibility index (Phi) is 3.33. The first-order chi connectivity index (χ1) is 9.43. The van der Waals surface area contributed by atoms with E-state index in [-0.39, 0.29) is 17.5 Å². The van der Waals surface area contributed by atoms with Crippen LogP contribution in [0.1, 0.15) is 17.8 Å². The van der Waals surface area contributed by atoms with Gasteiger partial charge in [0.1, 0.15) is 0 Å². The molecule has 20 heavy (non-hydrogen) atoms. The molecule has 1 atom stereocenters. The zero-order valence-corrected chi connectivity index (χ0v) is 12.7. The number of rotatable bonds is 3. The second-order valence-electron chi connectivity index (χ2n) is 4.34. The molecule has 0 radical (unpaired) electrons. The molecule has 0 fully saturated rings. The van der Waals surface area contributed by atoms with Gasteiger partial charge in [0.2, 0.25) is 0 Å². The molecule has 0 aliphatic carbocycles. The van der Waals surface area contributed by atoms with E-state index in [0.717, 1.165) is 8.66 Å².